The lowest BCUT2D eigenvalue weighted by Gasteiger charge is -2.22. The predicted molar refractivity (Wildman–Crippen MR) is 70.5 cm³/mol. The number of aliphatic hydroxyl groups is 1. The normalized spacial score (nSPS) is 15.8. The van der Waals surface area contributed by atoms with Crippen LogP contribution in [-0.4, -0.2) is 30.9 Å². The van der Waals surface area contributed by atoms with E-state index in [1.54, 1.807) is 12.1 Å². The summed E-state index contributed by atoms with van der Waals surface area (Å²) in [6.45, 7) is 5.55. The summed E-state index contributed by atoms with van der Waals surface area (Å²) in [5, 5.41) is 13.7. The van der Waals surface area contributed by atoms with Crippen LogP contribution in [0.2, 0.25) is 5.02 Å². The number of fused-ring (bicyclic) bond motifs is 1. The standard InChI is InChI=1S/C13H18ClNO3/c1-8(2)15-7-11(16)9-5-10(14)13-12(6-9)17-3-4-18-13/h5-6,8,11,15-16H,3-4,7H2,1-2H3/t11-/m1/s1. The van der Waals surface area contributed by atoms with Crippen LogP contribution in [0.15, 0.2) is 12.1 Å². The van der Waals surface area contributed by atoms with Gasteiger partial charge in [0.1, 0.15) is 13.2 Å². The summed E-state index contributed by atoms with van der Waals surface area (Å²) in [5.41, 5.74) is 0.734. The minimum absolute atomic E-state index is 0.326. The van der Waals surface area contributed by atoms with E-state index in [0.717, 1.165) is 5.56 Å². The Morgan fingerprint density at radius 3 is 2.78 bits per heavy atom. The summed E-state index contributed by atoms with van der Waals surface area (Å²) in [6.07, 6.45) is -0.610. The lowest BCUT2D eigenvalue weighted by atomic mass is 10.1. The van der Waals surface area contributed by atoms with Gasteiger partial charge in [0.05, 0.1) is 11.1 Å². The van der Waals surface area contributed by atoms with Crippen molar-refractivity contribution in [2.75, 3.05) is 19.8 Å². The molecule has 1 aliphatic heterocycles. The molecular weight excluding hydrogens is 254 g/mol. The highest BCUT2D eigenvalue weighted by Gasteiger charge is 2.19. The molecule has 1 atom stereocenters. The van der Waals surface area contributed by atoms with Crippen molar-refractivity contribution in [3.8, 4) is 11.5 Å². The number of ether oxygens (including phenoxy) is 2. The smallest absolute Gasteiger partial charge is 0.179 e. The molecule has 2 N–H and O–H groups in total. The van der Waals surface area contributed by atoms with E-state index in [-0.39, 0.29) is 0 Å². The molecule has 0 saturated carbocycles. The zero-order valence-corrected chi connectivity index (χ0v) is 11.3. The van der Waals surface area contributed by atoms with Crippen LogP contribution in [0.25, 0.3) is 0 Å². The van der Waals surface area contributed by atoms with Crippen LogP contribution in [0.3, 0.4) is 0 Å². The first kappa shape index (κ1) is 13.5. The highest BCUT2D eigenvalue weighted by atomic mass is 35.5. The third-order valence-corrected chi connectivity index (χ3v) is 3.00. The number of halogens is 1. The quantitative estimate of drug-likeness (QED) is 0.881. The molecule has 0 spiro atoms. The first-order chi connectivity index (χ1) is 8.58. The van der Waals surface area contributed by atoms with E-state index in [9.17, 15) is 5.11 Å². The monoisotopic (exact) mass is 271 g/mol. The van der Waals surface area contributed by atoms with Crippen molar-refractivity contribution in [2.24, 2.45) is 0 Å². The number of rotatable bonds is 4. The van der Waals surface area contributed by atoms with Crippen molar-refractivity contribution in [3.63, 3.8) is 0 Å². The van der Waals surface area contributed by atoms with Crippen LogP contribution in [0.5, 0.6) is 11.5 Å². The molecule has 1 aromatic carbocycles. The van der Waals surface area contributed by atoms with Crippen molar-refractivity contribution < 1.29 is 14.6 Å². The van der Waals surface area contributed by atoms with Gasteiger partial charge < -0.3 is 19.9 Å². The van der Waals surface area contributed by atoms with Gasteiger partial charge in [-0.25, -0.2) is 0 Å². The summed E-state index contributed by atoms with van der Waals surface area (Å²) in [4.78, 5) is 0. The third-order valence-electron chi connectivity index (χ3n) is 2.72. The Bertz CT molecular complexity index is 423. The zero-order chi connectivity index (χ0) is 13.1. The lowest BCUT2D eigenvalue weighted by Crippen LogP contribution is -2.28. The van der Waals surface area contributed by atoms with Gasteiger partial charge in [0.25, 0.3) is 0 Å². The lowest BCUT2D eigenvalue weighted by molar-refractivity contribution is 0.162. The van der Waals surface area contributed by atoms with Crippen molar-refractivity contribution >= 4 is 11.6 Å². The summed E-state index contributed by atoms with van der Waals surface area (Å²) in [7, 11) is 0. The number of hydrogen-bond donors (Lipinski definition) is 2. The van der Waals surface area contributed by atoms with Crippen LogP contribution < -0.4 is 14.8 Å². The molecule has 0 radical (unpaired) electrons. The van der Waals surface area contributed by atoms with E-state index in [1.807, 2.05) is 13.8 Å². The molecule has 4 nitrogen and oxygen atoms in total. The summed E-state index contributed by atoms with van der Waals surface area (Å²) < 4.78 is 10.9. The Morgan fingerprint density at radius 2 is 2.06 bits per heavy atom. The SMILES string of the molecule is CC(C)NC[C@@H](O)c1cc(Cl)c2c(c1)OCCO2. The van der Waals surface area contributed by atoms with Crippen molar-refractivity contribution in [2.45, 2.75) is 26.0 Å². The molecule has 5 heteroatoms. The fraction of sp³-hybridized carbons (Fsp3) is 0.538. The largest absolute Gasteiger partial charge is 0.486 e. The fourth-order valence-electron chi connectivity index (χ4n) is 1.79. The van der Waals surface area contributed by atoms with E-state index in [1.165, 1.54) is 0 Å². The molecular formula is C13H18ClNO3. The van der Waals surface area contributed by atoms with Gasteiger partial charge in [-0.2, -0.15) is 0 Å². The van der Waals surface area contributed by atoms with Gasteiger partial charge in [-0.05, 0) is 17.7 Å². The number of benzene rings is 1. The summed E-state index contributed by atoms with van der Waals surface area (Å²) in [5.74, 6) is 1.17. The Hall–Kier alpha value is -0.970. The van der Waals surface area contributed by atoms with E-state index in [0.29, 0.717) is 42.3 Å². The second-order valence-electron chi connectivity index (χ2n) is 4.61. The molecule has 0 unspecified atom stereocenters. The number of aliphatic hydroxyl groups excluding tert-OH is 1. The topological polar surface area (TPSA) is 50.7 Å². The highest BCUT2D eigenvalue weighted by Crippen LogP contribution is 2.39. The van der Waals surface area contributed by atoms with Crippen LogP contribution in [0, 0.1) is 0 Å². The van der Waals surface area contributed by atoms with Gasteiger partial charge in [-0.1, -0.05) is 25.4 Å². The van der Waals surface area contributed by atoms with Crippen molar-refractivity contribution in [3.05, 3.63) is 22.7 Å². The minimum Gasteiger partial charge on any atom is -0.486 e. The molecule has 18 heavy (non-hydrogen) atoms. The average Bonchev–Trinajstić information content (AvgIpc) is 2.36. The van der Waals surface area contributed by atoms with Crippen LogP contribution in [-0.2, 0) is 0 Å². The van der Waals surface area contributed by atoms with Gasteiger partial charge in [0, 0.05) is 12.6 Å². The van der Waals surface area contributed by atoms with Gasteiger partial charge in [-0.3, -0.25) is 0 Å². The molecule has 0 fully saturated rings. The molecule has 1 aliphatic rings. The number of hydrogen-bond acceptors (Lipinski definition) is 4. The van der Waals surface area contributed by atoms with E-state index in [4.69, 9.17) is 21.1 Å². The van der Waals surface area contributed by atoms with Crippen LogP contribution in [0.1, 0.15) is 25.5 Å². The summed E-state index contributed by atoms with van der Waals surface area (Å²) in [6, 6.07) is 3.83. The van der Waals surface area contributed by atoms with Crippen molar-refractivity contribution in [1.29, 1.82) is 0 Å². The van der Waals surface area contributed by atoms with Gasteiger partial charge in [-0.15, -0.1) is 0 Å². The molecule has 0 aliphatic carbocycles. The van der Waals surface area contributed by atoms with Gasteiger partial charge in [0.15, 0.2) is 11.5 Å². The Morgan fingerprint density at radius 1 is 1.33 bits per heavy atom. The first-order valence-electron chi connectivity index (χ1n) is 6.08. The second kappa shape index (κ2) is 5.78. The predicted octanol–water partition coefficient (Wildman–Crippen LogP) is 2.14. The molecule has 1 aromatic rings. The Balaban J connectivity index is 2.16. The van der Waals surface area contributed by atoms with Crippen LogP contribution in [0.4, 0.5) is 0 Å². The molecule has 0 saturated heterocycles. The maximum absolute atomic E-state index is 10.1. The molecule has 0 aromatic heterocycles. The third kappa shape index (κ3) is 3.07. The fourth-order valence-corrected chi connectivity index (χ4v) is 2.06. The average molecular weight is 272 g/mol. The van der Waals surface area contributed by atoms with E-state index < -0.39 is 6.10 Å². The zero-order valence-electron chi connectivity index (χ0n) is 10.6. The number of nitrogens with one attached hydrogen (secondary N) is 1. The van der Waals surface area contributed by atoms with E-state index in [2.05, 4.69) is 5.32 Å². The molecule has 0 bridgehead atoms. The maximum Gasteiger partial charge on any atom is 0.179 e. The van der Waals surface area contributed by atoms with Gasteiger partial charge >= 0.3 is 0 Å². The molecule has 2 rings (SSSR count). The molecule has 0 amide bonds. The molecule has 1 heterocycles. The first-order valence-corrected chi connectivity index (χ1v) is 6.46. The highest BCUT2D eigenvalue weighted by molar-refractivity contribution is 6.32. The van der Waals surface area contributed by atoms with Crippen molar-refractivity contribution in [1.82, 2.24) is 5.32 Å². The Labute approximate surface area is 112 Å². The second-order valence-corrected chi connectivity index (χ2v) is 5.01. The molecule has 100 valence electrons. The van der Waals surface area contributed by atoms with Gasteiger partial charge in [0.2, 0.25) is 0 Å². The van der Waals surface area contributed by atoms with E-state index >= 15 is 0 Å². The maximum atomic E-state index is 10.1. The van der Waals surface area contributed by atoms with Crippen LogP contribution >= 0.6 is 11.6 Å². The summed E-state index contributed by atoms with van der Waals surface area (Å²) >= 11 is 6.12. The Kier molecular flexibility index (Phi) is 4.32. The minimum atomic E-state index is -0.610.